The Labute approximate surface area is 125 Å². The molecule has 0 saturated heterocycles. The monoisotopic (exact) mass is 278 g/mol. The van der Waals surface area contributed by atoms with Gasteiger partial charge in [-0.15, -0.1) is 0 Å². The van der Waals surface area contributed by atoms with Crippen LogP contribution in [0.25, 0.3) is 0 Å². The topological polar surface area (TPSA) is 45.9 Å². The molecule has 106 valence electrons. The Kier molecular flexibility index (Phi) is 4.16. The lowest BCUT2D eigenvalue weighted by atomic mass is 10.1. The number of nitrogens with zero attached hydrogens (tertiary/aromatic N) is 2. The van der Waals surface area contributed by atoms with Crippen LogP contribution in [0.5, 0.6) is 5.88 Å². The SMILES string of the molecule is N#Cc1cc2c(nc1OCCCc1ccccc1)CCC2. The van der Waals surface area contributed by atoms with E-state index in [0.29, 0.717) is 18.1 Å². The molecule has 0 bridgehead atoms. The van der Waals surface area contributed by atoms with Crippen LogP contribution in [-0.4, -0.2) is 11.6 Å². The van der Waals surface area contributed by atoms with E-state index in [0.717, 1.165) is 37.8 Å². The molecule has 0 radical (unpaired) electrons. The summed E-state index contributed by atoms with van der Waals surface area (Å²) in [5.74, 6) is 0.506. The van der Waals surface area contributed by atoms with Crippen molar-refractivity contribution in [1.82, 2.24) is 4.98 Å². The second-order valence-electron chi connectivity index (χ2n) is 5.35. The van der Waals surface area contributed by atoms with Crippen LogP contribution < -0.4 is 4.74 Å². The summed E-state index contributed by atoms with van der Waals surface area (Å²) in [6, 6.07) is 14.5. The first kappa shape index (κ1) is 13.6. The largest absolute Gasteiger partial charge is 0.477 e. The number of ether oxygens (including phenoxy) is 1. The zero-order valence-electron chi connectivity index (χ0n) is 12.0. The van der Waals surface area contributed by atoms with Gasteiger partial charge in [-0.1, -0.05) is 30.3 Å². The van der Waals surface area contributed by atoms with Crippen LogP contribution in [0.15, 0.2) is 36.4 Å². The van der Waals surface area contributed by atoms with Gasteiger partial charge in [-0.25, -0.2) is 4.98 Å². The third kappa shape index (κ3) is 3.22. The van der Waals surface area contributed by atoms with Gasteiger partial charge >= 0.3 is 0 Å². The Hall–Kier alpha value is -2.34. The fourth-order valence-electron chi connectivity index (χ4n) is 2.73. The number of hydrogen-bond donors (Lipinski definition) is 0. The maximum atomic E-state index is 9.21. The van der Waals surface area contributed by atoms with Gasteiger partial charge in [-0.2, -0.15) is 5.26 Å². The zero-order chi connectivity index (χ0) is 14.5. The molecule has 1 aromatic carbocycles. The third-order valence-corrected chi connectivity index (χ3v) is 3.83. The average molecular weight is 278 g/mol. The minimum absolute atomic E-state index is 0.506. The molecule has 0 saturated carbocycles. The molecule has 1 aromatic heterocycles. The van der Waals surface area contributed by atoms with E-state index < -0.39 is 0 Å². The van der Waals surface area contributed by atoms with E-state index in [1.807, 2.05) is 24.3 Å². The fourth-order valence-corrected chi connectivity index (χ4v) is 2.73. The van der Waals surface area contributed by atoms with Crippen LogP contribution in [0.2, 0.25) is 0 Å². The standard InChI is InChI=1S/C18H18N2O/c19-13-16-12-15-9-4-10-17(15)20-18(16)21-11-5-8-14-6-2-1-3-7-14/h1-3,6-7,12H,4-5,8-11H2. The van der Waals surface area contributed by atoms with Gasteiger partial charge < -0.3 is 4.74 Å². The molecule has 2 aromatic rings. The number of hydrogen-bond acceptors (Lipinski definition) is 3. The van der Waals surface area contributed by atoms with Gasteiger partial charge in [0.2, 0.25) is 5.88 Å². The Morgan fingerprint density at radius 3 is 2.86 bits per heavy atom. The predicted octanol–water partition coefficient (Wildman–Crippen LogP) is 3.45. The molecule has 0 atom stereocenters. The van der Waals surface area contributed by atoms with Crippen LogP contribution in [0, 0.1) is 11.3 Å². The van der Waals surface area contributed by atoms with Crippen molar-refractivity contribution in [3.63, 3.8) is 0 Å². The number of fused-ring (bicyclic) bond motifs is 1. The van der Waals surface area contributed by atoms with Crippen molar-refractivity contribution >= 4 is 0 Å². The van der Waals surface area contributed by atoms with Crippen LogP contribution in [-0.2, 0) is 19.3 Å². The first-order chi connectivity index (χ1) is 10.4. The van der Waals surface area contributed by atoms with Gasteiger partial charge in [-0.3, -0.25) is 0 Å². The van der Waals surface area contributed by atoms with Crippen molar-refractivity contribution < 1.29 is 4.74 Å². The molecule has 0 spiro atoms. The molecule has 1 aliphatic carbocycles. The lowest BCUT2D eigenvalue weighted by Gasteiger charge is -2.09. The molecule has 21 heavy (non-hydrogen) atoms. The van der Waals surface area contributed by atoms with Crippen molar-refractivity contribution in [3.05, 3.63) is 58.8 Å². The summed E-state index contributed by atoms with van der Waals surface area (Å²) in [7, 11) is 0. The van der Waals surface area contributed by atoms with Crippen molar-refractivity contribution in [3.8, 4) is 11.9 Å². The first-order valence-corrected chi connectivity index (χ1v) is 7.46. The van der Waals surface area contributed by atoms with Crippen LogP contribution in [0.3, 0.4) is 0 Å². The van der Waals surface area contributed by atoms with E-state index in [1.54, 1.807) is 0 Å². The molecule has 0 aliphatic heterocycles. The number of aromatic nitrogens is 1. The summed E-state index contributed by atoms with van der Waals surface area (Å²) >= 11 is 0. The molecule has 0 amide bonds. The molecule has 1 aliphatic rings. The second-order valence-corrected chi connectivity index (χ2v) is 5.35. The normalized spacial score (nSPS) is 12.7. The highest BCUT2D eigenvalue weighted by atomic mass is 16.5. The van der Waals surface area contributed by atoms with Crippen LogP contribution in [0.1, 0.15) is 35.2 Å². The highest BCUT2D eigenvalue weighted by Crippen LogP contribution is 2.26. The molecule has 3 nitrogen and oxygen atoms in total. The Morgan fingerprint density at radius 2 is 2.05 bits per heavy atom. The molecular weight excluding hydrogens is 260 g/mol. The zero-order valence-corrected chi connectivity index (χ0v) is 12.0. The second kappa shape index (κ2) is 6.41. The molecule has 0 fully saturated rings. The highest BCUT2D eigenvalue weighted by molar-refractivity contribution is 5.44. The van der Waals surface area contributed by atoms with Crippen molar-refractivity contribution in [2.24, 2.45) is 0 Å². The summed E-state index contributed by atoms with van der Waals surface area (Å²) in [4.78, 5) is 4.52. The van der Waals surface area contributed by atoms with E-state index >= 15 is 0 Å². The summed E-state index contributed by atoms with van der Waals surface area (Å²) < 4.78 is 5.74. The van der Waals surface area contributed by atoms with Crippen LogP contribution in [0.4, 0.5) is 0 Å². The smallest absolute Gasteiger partial charge is 0.231 e. The van der Waals surface area contributed by atoms with E-state index in [4.69, 9.17) is 4.74 Å². The molecule has 1 heterocycles. The maximum Gasteiger partial charge on any atom is 0.231 e. The van der Waals surface area contributed by atoms with Crippen molar-refractivity contribution in [2.45, 2.75) is 32.1 Å². The Bertz CT molecular complexity index is 659. The lowest BCUT2D eigenvalue weighted by Crippen LogP contribution is -2.04. The lowest BCUT2D eigenvalue weighted by molar-refractivity contribution is 0.297. The summed E-state index contributed by atoms with van der Waals surface area (Å²) in [6.45, 7) is 0.593. The van der Waals surface area contributed by atoms with Gasteiger partial charge in [0.05, 0.1) is 6.61 Å². The quantitative estimate of drug-likeness (QED) is 0.787. The molecule has 3 heteroatoms. The van der Waals surface area contributed by atoms with E-state index in [-0.39, 0.29) is 0 Å². The van der Waals surface area contributed by atoms with E-state index in [1.165, 1.54) is 11.1 Å². The van der Waals surface area contributed by atoms with Gasteiger partial charge in [0.15, 0.2) is 0 Å². The Balaban J connectivity index is 1.59. The number of rotatable bonds is 5. The highest BCUT2D eigenvalue weighted by Gasteiger charge is 2.17. The molecule has 0 N–H and O–H groups in total. The van der Waals surface area contributed by atoms with E-state index in [9.17, 15) is 5.26 Å². The van der Waals surface area contributed by atoms with Gasteiger partial charge in [0.25, 0.3) is 0 Å². The number of nitriles is 1. The fraction of sp³-hybridized carbons (Fsp3) is 0.333. The maximum absolute atomic E-state index is 9.21. The van der Waals surface area contributed by atoms with Gasteiger partial charge in [-0.05, 0) is 49.3 Å². The number of pyridine rings is 1. The van der Waals surface area contributed by atoms with Gasteiger partial charge in [0, 0.05) is 5.69 Å². The van der Waals surface area contributed by atoms with Crippen molar-refractivity contribution in [1.29, 1.82) is 5.26 Å². The van der Waals surface area contributed by atoms with Gasteiger partial charge in [0.1, 0.15) is 11.6 Å². The third-order valence-electron chi connectivity index (χ3n) is 3.83. The minimum Gasteiger partial charge on any atom is -0.477 e. The van der Waals surface area contributed by atoms with Crippen LogP contribution >= 0.6 is 0 Å². The molecular formula is C18H18N2O. The first-order valence-electron chi connectivity index (χ1n) is 7.46. The Morgan fingerprint density at radius 1 is 1.19 bits per heavy atom. The molecule has 3 rings (SSSR count). The van der Waals surface area contributed by atoms with E-state index in [2.05, 4.69) is 23.2 Å². The summed E-state index contributed by atoms with van der Waals surface area (Å²) in [6.07, 6.45) is 5.07. The number of benzene rings is 1. The number of aryl methyl sites for hydroxylation is 3. The summed E-state index contributed by atoms with van der Waals surface area (Å²) in [5.41, 5.74) is 4.19. The predicted molar refractivity (Wildman–Crippen MR) is 81.2 cm³/mol. The average Bonchev–Trinajstić information content (AvgIpc) is 2.99. The summed E-state index contributed by atoms with van der Waals surface area (Å²) in [5, 5.41) is 9.21. The minimum atomic E-state index is 0.506. The van der Waals surface area contributed by atoms with Crippen molar-refractivity contribution in [2.75, 3.05) is 6.61 Å². The molecule has 0 unspecified atom stereocenters.